The molecule has 7 nitrogen and oxygen atoms in total. The average Bonchev–Trinajstić information content (AvgIpc) is 3.13. The van der Waals surface area contributed by atoms with Crippen molar-refractivity contribution in [2.45, 2.75) is 13.8 Å². The summed E-state index contributed by atoms with van der Waals surface area (Å²) >= 11 is 2.68. The van der Waals surface area contributed by atoms with Crippen LogP contribution >= 0.6 is 22.7 Å². The third kappa shape index (κ3) is 3.57. The smallest absolute Gasteiger partial charge is 0.283 e. The molecule has 122 valence electrons. The van der Waals surface area contributed by atoms with E-state index in [0.717, 1.165) is 16.3 Å². The summed E-state index contributed by atoms with van der Waals surface area (Å²) in [5.41, 5.74) is 1.51. The number of aryl methyl sites for hydroxylation is 1. The van der Waals surface area contributed by atoms with Crippen LogP contribution < -0.4 is 5.32 Å². The molecule has 1 saturated heterocycles. The van der Waals surface area contributed by atoms with Gasteiger partial charge in [0, 0.05) is 25.4 Å². The molecule has 0 aromatic carbocycles. The molecule has 9 heteroatoms. The highest BCUT2D eigenvalue weighted by Crippen LogP contribution is 2.33. The van der Waals surface area contributed by atoms with Crippen LogP contribution in [-0.4, -0.2) is 53.0 Å². The van der Waals surface area contributed by atoms with Gasteiger partial charge in [0.2, 0.25) is 5.91 Å². The number of aromatic nitrogens is 2. The molecule has 0 saturated carbocycles. The minimum absolute atomic E-state index is 0.0613. The zero-order chi connectivity index (χ0) is 16.4. The highest BCUT2D eigenvalue weighted by Gasteiger charge is 2.22. The summed E-state index contributed by atoms with van der Waals surface area (Å²) in [7, 11) is 0. The van der Waals surface area contributed by atoms with E-state index >= 15 is 0 Å². The van der Waals surface area contributed by atoms with Crippen LogP contribution in [0.4, 0.5) is 5.13 Å². The van der Waals surface area contributed by atoms with Gasteiger partial charge >= 0.3 is 0 Å². The summed E-state index contributed by atoms with van der Waals surface area (Å²) in [4.78, 5) is 34.9. The number of hydrogen-bond acceptors (Lipinski definition) is 7. The Labute approximate surface area is 141 Å². The molecule has 0 spiro atoms. The van der Waals surface area contributed by atoms with Gasteiger partial charge in [0.25, 0.3) is 5.91 Å². The van der Waals surface area contributed by atoms with Gasteiger partial charge in [-0.2, -0.15) is 0 Å². The van der Waals surface area contributed by atoms with Gasteiger partial charge in [0.1, 0.15) is 0 Å². The van der Waals surface area contributed by atoms with Gasteiger partial charge in [0.05, 0.1) is 29.5 Å². The van der Waals surface area contributed by atoms with Gasteiger partial charge in [-0.15, -0.1) is 11.3 Å². The maximum atomic E-state index is 12.4. The summed E-state index contributed by atoms with van der Waals surface area (Å²) in [6.45, 7) is 5.63. The van der Waals surface area contributed by atoms with Crippen molar-refractivity contribution in [2.24, 2.45) is 0 Å². The fourth-order valence-corrected chi connectivity index (χ4v) is 4.04. The van der Waals surface area contributed by atoms with Gasteiger partial charge in [-0.1, -0.05) is 11.3 Å². The maximum Gasteiger partial charge on any atom is 0.283 e. The molecular formula is C14H16N4O3S2. The fourth-order valence-electron chi connectivity index (χ4n) is 2.22. The second-order valence-corrected chi connectivity index (χ2v) is 6.91. The van der Waals surface area contributed by atoms with E-state index in [9.17, 15) is 9.59 Å². The molecule has 0 bridgehead atoms. The van der Waals surface area contributed by atoms with E-state index in [1.54, 1.807) is 4.90 Å². The van der Waals surface area contributed by atoms with Crippen molar-refractivity contribution < 1.29 is 14.3 Å². The van der Waals surface area contributed by atoms with Gasteiger partial charge in [-0.3, -0.25) is 9.59 Å². The molecule has 2 aromatic rings. The zero-order valence-electron chi connectivity index (χ0n) is 12.8. The van der Waals surface area contributed by atoms with Crippen LogP contribution in [0.5, 0.6) is 0 Å². The van der Waals surface area contributed by atoms with Crippen molar-refractivity contribution in [3.63, 3.8) is 0 Å². The lowest BCUT2D eigenvalue weighted by atomic mass is 10.3. The standard InChI is InChI=1S/C14H16N4O3S2/c1-8-11(23-14(15-8)16-9(2)19)10-7-22-12(17-10)13(20)18-3-5-21-6-4-18/h7H,3-6H2,1-2H3,(H,15,16,19). The molecule has 1 aliphatic rings. The quantitative estimate of drug-likeness (QED) is 0.913. The number of hydrogen-bond donors (Lipinski definition) is 1. The summed E-state index contributed by atoms with van der Waals surface area (Å²) in [5, 5.41) is 5.53. The molecule has 23 heavy (non-hydrogen) atoms. The van der Waals surface area contributed by atoms with Gasteiger partial charge in [0.15, 0.2) is 10.1 Å². The van der Waals surface area contributed by atoms with Crippen LogP contribution in [0.3, 0.4) is 0 Å². The Morgan fingerprint density at radius 2 is 2.04 bits per heavy atom. The normalized spacial score (nSPS) is 14.8. The first-order valence-electron chi connectivity index (χ1n) is 7.12. The number of carbonyl (C=O) groups is 2. The molecule has 3 heterocycles. The first-order valence-corrected chi connectivity index (χ1v) is 8.82. The number of thiazole rings is 2. The van der Waals surface area contributed by atoms with Crippen molar-refractivity contribution in [1.82, 2.24) is 14.9 Å². The van der Waals surface area contributed by atoms with Crippen LogP contribution in [-0.2, 0) is 9.53 Å². The number of anilines is 1. The molecule has 0 unspecified atom stereocenters. The van der Waals surface area contributed by atoms with E-state index in [1.165, 1.54) is 29.6 Å². The highest BCUT2D eigenvalue weighted by atomic mass is 32.1. The van der Waals surface area contributed by atoms with Crippen molar-refractivity contribution in [3.8, 4) is 10.6 Å². The van der Waals surface area contributed by atoms with Crippen LogP contribution in [0.25, 0.3) is 10.6 Å². The number of nitrogens with one attached hydrogen (secondary N) is 1. The van der Waals surface area contributed by atoms with Crippen molar-refractivity contribution in [1.29, 1.82) is 0 Å². The first-order chi connectivity index (χ1) is 11.0. The summed E-state index contributed by atoms with van der Waals surface area (Å²) in [6.07, 6.45) is 0. The van der Waals surface area contributed by atoms with Gasteiger partial charge in [-0.25, -0.2) is 9.97 Å². The monoisotopic (exact) mass is 352 g/mol. The van der Waals surface area contributed by atoms with E-state index in [0.29, 0.717) is 36.4 Å². The highest BCUT2D eigenvalue weighted by molar-refractivity contribution is 7.19. The molecule has 3 rings (SSSR count). The van der Waals surface area contributed by atoms with Crippen molar-refractivity contribution >= 4 is 39.6 Å². The molecule has 0 atom stereocenters. The van der Waals surface area contributed by atoms with Crippen LogP contribution in [0, 0.1) is 6.92 Å². The Balaban J connectivity index is 1.80. The predicted octanol–water partition coefficient (Wildman–Crippen LogP) is 2.01. The van der Waals surface area contributed by atoms with Crippen LogP contribution in [0.2, 0.25) is 0 Å². The average molecular weight is 352 g/mol. The Morgan fingerprint density at radius 1 is 1.30 bits per heavy atom. The lowest BCUT2D eigenvalue weighted by molar-refractivity contribution is -0.114. The maximum absolute atomic E-state index is 12.4. The number of morpholine rings is 1. The second-order valence-electron chi connectivity index (χ2n) is 5.06. The van der Waals surface area contributed by atoms with Crippen molar-refractivity contribution in [2.75, 3.05) is 31.6 Å². The first kappa shape index (κ1) is 16.0. The molecule has 2 amide bonds. The predicted molar refractivity (Wildman–Crippen MR) is 89.0 cm³/mol. The number of rotatable bonds is 3. The Hall–Kier alpha value is -1.84. The molecular weight excluding hydrogens is 336 g/mol. The lowest BCUT2D eigenvalue weighted by Gasteiger charge is -2.25. The SMILES string of the molecule is CC(=O)Nc1nc(C)c(-c2csc(C(=O)N3CCOCC3)n2)s1. The Bertz CT molecular complexity index is 734. The lowest BCUT2D eigenvalue weighted by Crippen LogP contribution is -2.40. The number of carbonyl (C=O) groups excluding carboxylic acids is 2. The zero-order valence-corrected chi connectivity index (χ0v) is 14.4. The van der Waals surface area contributed by atoms with E-state index < -0.39 is 0 Å². The minimum atomic E-state index is -0.160. The Morgan fingerprint density at radius 3 is 2.74 bits per heavy atom. The molecule has 1 N–H and O–H groups in total. The van der Waals surface area contributed by atoms with Crippen LogP contribution in [0.1, 0.15) is 22.4 Å². The molecule has 0 radical (unpaired) electrons. The second kappa shape index (κ2) is 6.73. The Kier molecular flexibility index (Phi) is 4.69. The molecule has 0 aliphatic carbocycles. The van der Waals surface area contributed by atoms with Gasteiger partial charge < -0.3 is 15.0 Å². The van der Waals surface area contributed by atoms with E-state index in [2.05, 4.69) is 15.3 Å². The third-order valence-electron chi connectivity index (χ3n) is 3.30. The van der Waals surface area contributed by atoms with Crippen molar-refractivity contribution in [3.05, 3.63) is 16.1 Å². The molecule has 2 aromatic heterocycles. The van der Waals surface area contributed by atoms with E-state index in [-0.39, 0.29) is 11.8 Å². The van der Waals surface area contributed by atoms with Gasteiger partial charge in [-0.05, 0) is 6.92 Å². The largest absolute Gasteiger partial charge is 0.378 e. The number of amides is 2. The van der Waals surface area contributed by atoms with Crippen LogP contribution in [0.15, 0.2) is 5.38 Å². The minimum Gasteiger partial charge on any atom is -0.378 e. The summed E-state index contributed by atoms with van der Waals surface area (Å²) in [5.74, 6) is -0.222. The van der Waals surface area contributed by atoms with E-state index in [1.807, 2.05) is 12.3 Å². The summed E-state index contributed by atoms with van der Waals surface area (Å²) < 4.78 is 5.26. The summed E-state index contributed by atoms with van der Waals surface area (Å²) in [6, 6.07) is 0. The topological polar surface area (TPSA) is 84.4 Å². The molecule has 1 aliphatic heterocycles. The number of nitrogens with zero attached hydrogens (tertiary/aromatic N) is 3. The fraction of sp³-hybridized carbons (Fsp3) is 0.429. The third-order valence-corrected chi connectivity index (χ3v) is 5.22. The van der Waals surface area contributed by atoms with E-state index in [4.69, 9.17) is 4.74 Å². The molecule has 1 fully saturated rings. The number of ether oxygens (including phenoxy) is 1.